The zero-order chi connectivity index (χ0) is 13.7. The van der Waals surface area contributed by atoms with Crippen molar-refractivity contribution >= 4 is 33.2 Å². The number of hydrogen-bond acceptors (Lipinski definition) is 1. The zero-order valence-electron chi connectivity index (χ0n) is 10.9. The quantitative estimate of drug-likeness (QED) is 0.703. The number of hydrogen-bond donors (Lipinski definition) is 0. The van der Waals surface area contributed by atoms with Crippen LogP contribution in [-0.2, 0) is 12.3 Å². The molecule has 0 N–H and O–H groups in total. The van der Waals surface area contributed by atoms with E-state index < -0.39 is 0 Å². The Hall–Kier alpha value is -0.990. The summed E-state index contributed by atoms with van der Waals surface area (Å²) < 4.78 is 1.09. The van der Waals surface area contributed by atoms with E-state index in [4.69, 9.17) is 11.6 Å². The minimum absolute atomic E-state index is 0.540. The molecule has 0 unspecified atom stereocenters. The molecule has 0 aromatic heterocycles. The lowest BCUT2D eigenvalue weighted by Crippen LogP contribution is -2.21. The van der Waals surface area contributed by atoms with Crippen molar-refractivity contribution in [1.29, 1.82) is 0 Å². The van der Waals surface area contributed by atoms with Crippen LogP contribution in [0, 0.1) is 0 Å². The van der Waals surface area contributed by atoms with Gasteiger partial charge in [-0.2, -0.15) is 0 Å². The highest BCUT2D eigenvalue weighted by atomic mass is 79.9. The van der Waals surface area contributed by atoms with Crippen LogP contribution in [0.25, 0.3) is 0 Å². The van der Waals surface area contributed by atoms with Crippen molar-refractivity contribution in [2.75, 3.05) is 18.5 Å². The summed E-state index contributed by atoms with van der Waals surface area (Å²) in [5.74, 6) is 0.540. The Morgan fingerprint density at radius 2 is 1.84 bits per heavy atom. The van der Waals surface area contributed by atoms with E-state index in [0.29, 0.717) is 5.88 Å². The van der Waals surface area contributed by atoms with Gasteiger partial charge in [0, 0.05) is 29.6 Å². The minimum Gasteiger partial charge on any atom is -0.374 e. The second-order valence-corrected chi connectivity index (χ2v) is 5.75. The van der Waals surface area contributed by atoms with Gasteiger partial charge in [-0.05, 0) is 29.7 Å². The molecule has 0 aliphatic rings. The molecule has 0 spiro atoms. The van der Waals surface area contributed by atoms with Gasteiger partial charge < -0.3 is 4.90 Å². The van der Waals surface area contributed by atoms with Crippen molar-refractivity contribution in [1.82, 2.24) is 0 Å². The summed E-state index contributed by atoms with van der Waals surface area (Å²) in [5, 5.41) is 0. The normalized spacial score (nSPS) is 10.5. The monoisotopic (exact) mass is 337 g/mol. The van der Waals surface area contributed by atoms with Crippen LogP contribution in [0.3, 0.4) is 0 Å². The molecule has 0 bridgehead atoms. The molecule has 0 saturated heterocycles. The maximum atomic E-state index is 6.00. The smallest absolute Gasteiger partial charge is 0.0494 e. The van der Waals surface area contributed by atoms with Gasteiger partial charge in [-0.15, -0.1) is 11.6 Å². The van der Waals surface area contributed by atoms with Gasteiger partial charge in [-0.25, -0.2) is 0 Å². The molecule has 19 heavy (non-hydrogen) atoms. The molecule has 0 aliphatic heterocycles. The first-order valence-electron chi connectivity index (χ1n) is 6.30. The molecule has 0 fully saturated rings. The van der Waals surface area contributed by atoms with Crippen LogP contribution in [0.1, 0.15) is 11.1 Å². The first kappa shape index (κ1) is 14.4. The van der Waals surface area contributed by atoms with Crippen LogP contribution in [0.15, 0.2) is 53.0 Å². The third-order valence-corrected chi connectivity index (χ3v) is 3.96. The molecule has 0 heterocycles. The molecular formula is C16H17BrClN. The molecule has 100 valence electrons. The fourth-order valence-electron chi connectivity index (χ4n) is 2.07. The Morgan fingerprint density at radius 1 is 1.11 bits per heavy atom. The van der Waals surface area contributed by atoms with Gasteiger partial charge >= 0.3 is 0 Å². The fraction of sp³-hybridized carbons (Fsp3) is 0.250. The van der Waals surface area contributed by atoms with Crippen molar-refractivity contribution in [3.05, 3.63) is 64.1 Å². The highest BCUT2D eigenvalue weighted by Crippen LogP contribution is 2.26. The lowest BCUT2D eigenvalue weighted by atomic mass is 10.1. The summed E-state index contributed by atoms with van der Waals surface area (Å²) in [7, 11) is 2.11. The van der Waals surface area contributed by atoms with Crippen molar-refractivity contribution in [3.63, 3.8) is 0 Å². The molecule has 1 nitrogen and oxygen atoms in total. The van der Waals surface area contributed by atoms with E-state index in [0.717, 1.165) is 17.4 Å². The second kappa shape index (κ2) is 6.97. The van der Waals surface area contributed by atoms with E-state index in [9.17, 15) is 0 Å². The number of nitrogens with zero attached hydrogens (tertiary/aromatic N) is 1. The van der Waals surface area contributed by atoms with Gasteiger partial charge in [0.1, 0.15) is 0 Å². The van der Waals surface area contributed by atoms with Crippen LogP contribution in [0.4, 0.5) is 5.69 Å². The topological polar surface area (TPSA) is 3.24 Å². The maximum Gasteiger partial charge on any atom is 0.0494 e. The standard InChI is InChI=1S/C16H17BrClN/c1-19(10-9-13-5-3-2-4-6-13)16-11-15(17)8-7-14(16)12-18/h2-8,11H,9-10,12H2,1H3. The van der Waals surface area contributed by atoms with Gasteiger partial charge in [0.25, 0.3) is 0 Å². The highest BCUT2D eigenvalue weighted by molar-refractivity contribution is 9.10. The Morgan fingerprint density at radius 3 is 2.53 bits per heavy atom. The molecule has 0 aliphatic carbocycles. The summed E-state index contributed by atoms with van der Waals surface area (Å²) in [5.41, 5.74) is 3.72. The van der Waals surface area contributed by atoms with E-state index in [1.807, 2.05) is 12.1 Å². The third-order valence-electron chi connectivity index (χ3n) is 3.18. The van der Waals surface area contributed by atoms with E-state index in [1.165, 1.54) is 16.8 Å². The van der Waals surface area contributed by atoms with Crippen molar-refractivity contribution in [2.24, 2.45) is 0 Å². The first-order chi connectivity index (χ1) is 9.20. The lowest BCUT2D eigenvalue weighted by Gasteiger charge is -2.22. The maximum absolute atomic E-state index is 6.00. The molecule has 2 rings (SSSR count). The Bertz CT molecular complexity index is 528. The van der Waals surface area contributed by atoms with Crippen LogP contribution in [-0.4, -0.2) is 13.6 Å². The van der Waals surface area contributed by atoms with Gasteiger partial charge in [0.15, 0.2) is 0 Å². The van der Waals surface area contributed by atoms with Gasteiger partial charge in [-0.3, -0.25) is 0 Å². The molecule has 3 heteroatoms. The number of halogens is 2. The average molecular weight is 339 g/mol. The Balaban J connectivity index is 2.07. The Kier molecular flexibility index (Phi) is 5.29. The van der Waals surface area contributed by atoms with Crippen molar-refractivity contribution < 1.29 is 0 Å². The lowest BCUT2D eigenvalue weighted by molar-refractivity contribution is 0.872. The largest absolute Gasteiger partial charge is 0.374 e. The number of likely N-dealkylation sites (N-methyl/N-ethyl adjacent to an activating group) is 1. The Labute approximate surface area is 128 Å². The third kappa shape index (κ3) is 3.99. The predicted octanol–water partition coefficient (Wildman–Crippen LogP) is 4.87. The minimum atomic E-state index is 0.540. The van der Waals surface area contributed by atoms with E-state index >= 15 is 0 Å². The molecule has 2 aromatic rings. The first-order valence-corrected chi connectivity index (χ1v) is 7.63. The van der Waals surface area contributed by atoms with Crippen molar-refractivity contribution in [3.8, 4) is 0 Å². The molecular weight excluding hydrogens is 322 g/mol. The second-order valence-electron chi connectivity index (χ2n) is 4.56. The molecule has 2 aromatic carbocycles. The van der Waals surface area contributed by atoms with E-state index in [2.05, 4.69) is 64.3 Å². The summed E-state index contributed by atoms with van der Waals surface area (Å²) >= 11 is 9.52. The van der Waals surface area contributed by atoms with E-state index in [1.54, 1.807) is 0 Å². The average Bonchev–Trinajstić information content (AvgIpc) is 2.46. The number of anilines is 1. The summed E-state index contributed by atoms with van der Waals surface area (Å²) in [4.78, 5) is 2.26. The molecule has 0 saturated carbocycles. The van der Waals surface area contributed by atoms with Crippen LogP contribution in [0.2, 0.25) is 0 Å². The van der Waals surface area contributed by atoms with Gasteiger partial charge in [0.2, 0.25) is 0 Å². The van der Waals surface area contributed by atoms with E-state index in [-0.39, 0.29) is 0 Å². The SMILES string of the molecule is CN(CCc1ccccc1)c1cc(Br)ccc1CCl. The van der Waals surface area contributed by atoms with Gasteiger partial charge in [-0.1, -0.05) is 52.3 Å². The van der Waals surface area contributed by atoms with Crippen LogP contribution >= 0.6 is 27.5 Å². The summed E-state index contributed by atoms with van der Waals surface area (Å²) in [6, 6.07) is 16.8. The molecule has 0 atom stereocenters. The van der Waals surface area contributed by atoms with Gasteiger partial charge in [0.05, 0.1) is 0 Å². The highest BCUT2D eigenvalue weighted by Gasteiger charge is 2.07. The number of benzene rings is 2. The predicted molar refractivity (Wildman–Crippen MR) is 87.1 cm³/mol. The summed E-state index contributed by atoms with van der Waals surface area (Å²) in [6.07, 6.45) is 1.03. The zero-order valence-corrected chi connectivity index (χ0v) is 13.3. The van der Waals surface area contributed by atoms with Crippen molar-refractivity contribution in [2.45, 2.75) is 12.3 Å². The van der Waals surface area contributed by atoms with Crippen LogP contribution < -0.4 is 4.90 Å². The summed E-state index contributed by atoms with van der Waals surface area (Å²) in [6.45, 7) is 0.977. The fourth-order valence-corrected chi connectivity index (χ4v) is 2.64. The molecule has 0 amide bonds. The van der Waals surface area contributed by atoms with Crippen LogP contribution in [0.5, 0.6) is 0 Å². The number of rotatable bonds is 5. The molecule has 0 radical (unpaired) electrons. The number of alkyl halides is 1.